The Kier molecular flexibility index (Phi) is 4.64. The molecule has 3 rings (SSSR count). The highest BCUT2D eigenvalue weighted by Gasteiger charge is 2.11. The maximum Gasteiger partial charge on any atom is 0.191 e. The summed E-state index contributed by atoms with van der Waals surface area (Å²) >= 11 is 7.40. The highest BCUT2D eigenvalue weighted by Crippen LogP contribution is 2.25. The summed E-state index contributed by atoms with van der Waals surface area (Å²) in [6, 6.07) is 10.3. The Balaban J connectivity index is 1.92. The monoisotopic (exact) mass is 332 g/mol. The lowest BCUT2D eigenvalue weighted by Gasteiger charge is -2.05. The molecule has 0 N–H and O–H groups in total. The van der Waals surface area contributed by atoms with Crippen molar-refractivity contribution in [3.05, 3.63) is 36.0 Å². The van der Waals surface area contributed by atoms with E-state index >= 15 is 0 Å². The summed E-state index contributed by atoms with van der Waals surface area (Å²) in [5.74, 6) is 2.50. The maximum atomic E-state index is 5.71. The van der Waals surface area contributed by atoms with Crippen LogP contribution in [0.4, 0.5) is 0 Å². The molecule has 1 aromatic carbocycles. The second kappa shape index (κ2) is 6.67. The van der Waals surface area contributed by atoms with Crippen LogP contribution in [-0.4, -0.2) is 31.4 Å². The Morgan fingerprint density at radius 3 is 2.86 bits per heavy atom. The number of thioether (sulfide) groups is 1. The molecule has 0 aliphatic rings. The van der Waals surface area contributed by atoms with Crippen LogP contribution in [0, 0.1) is 6.92 Å². The number of pyridine rings is 1. The van der Waals surface area contributed by atoms with Crippen LogP contribution >= 0.6 is 23.4 Å². The Morgan fingerprint density at radius 1 is 1.18 bits per heavy atom. The van der Waals surface area contributed by atoms with Crippen LogP contribution in [0.1, 0.15) is 12.1 Å². The largest absolute Gasteiger partial charge is 0.305 e. The molecule has 0 unspecified atom stereocenters. The van der Waals surface area contributed by atoms with E-state index in [4.69, 9.17) is 11.6 Å². The molecule has 4 nitrogen and oxygen atoms in total. The third kappa shape index (κ3) is 3.10. The van der Waals surface area contributed by atoms with Gasteiger partial charge in [0.05, 0.1) is 5.52 Å². The molecule has 0 saturated heterocycles. The van der Waals surface area contributed by atoms with E-state index in [0.717, 1.165) is 45.3 Å². The number of nitrogens with zero attached hydrogens (tertiary/aromatic N) is 4. The standard InChI is InChI=1S/C16H17ClN4S/c1-11-4-5-12-10-13(6-7-14(12)18-11)15-19-20-16(21(15)2)22-9-3-8-17/h4-7,10H,3,8-9H2,1-2H3. The smallest absolute Gasteiger partial charge is 0.191 e. The number of hydrogen-bond donors (Lipinski definition) is 0. The van der Waals surface area contributed by atoms with Gasteiger partial charge in [-0.05, 0) is 37.6 Å². The first-order valence-electron chi connectivity index (χ1n) is 7.15. The molecule has 0 aliphatic carbocycles. The zero-order valence-electron chi connectivity index (χ0n) is 12.6. The number of rotatable bonds is 5. The van der Waals surface area contributed by atoms with E-state index in [1.54, 1.807) is 11.8 Å². The van der Waals surface area contributed by atoms with Gasteiger partial charge in [-0.3, -0.25) is 4.98 Å². The lowest BCUT2D eigenvalue weighted by atomic mass is 10.1. The Hall–Kier alpha value is -1.59. The third-order valence-corrected chi connectivity index (χ3v) is 4.80. The van der Waals surface area contributed by atoms with Gasteiger partial charge in [0.2, 0.25) is 0 Å². The van der Waals surface area contributed by atoms with Crippen molar-refractivity contribution in [3.63, 3.8) is 0 Å². The van der Waals surface area contributed by atoms with Gasteiger partial charge in [0.25, 0.3) is 0 Å². The van der Waals surface area contributed by atoms with Crippen LogP contribution < -0.4 is 0 Å². The molecule has 0 spiro atoms. The van der Waals surface area contributed by atoms with Gasteiger partial charge in [-0.15, -0.1) is 21.8 Å². The van der Waals surface area contributed by atoms with Gasteiger partial charge in [0.15, 0.2) is 11.0 Å². The fraction of sp³-hybridized carbons (Fsp3) is 0.312. The summed E-state index contributed by atoms with van der Waals surface area (Å²) in [6.45, 7) is 2.00. The van der Waals surface area contributed by atoms with E-state index < -0.39 is 0 Å². The van der Waals surface area contributed by atoms with Gasteiger partial charge in [0.1, 0.15) is 0 Å². The summed E-state index contributed by atoms with van der Waals surface area (Å²) in [5.41, 5.74) is 3.08. The van der Waals surface area contributed by atoms with Crippen molar-refractivity contribution in [1.82, 2.24) is 19.7 Å². The molecule has 0 bridgehead atoms. The zero-order valence-corrected chi connectivity index (χ0v) is 14.2. The van der Waals surface area contributed by atoms with E-state index in [-0.39, 0.29) is 0 Å². The van der Waals surface area contributed by atoms with Gasteiger partial charge in [-0.2, -0.15) is 0 Å². The van der Waals surface area contributed by atoms with Gasteiger partial charge in [-0.25, -0.2) is 0 Å². The molecule has 3 aromatic rings. The Bertz CT molecular complexity index is 800. The molecule has 0 radical (unpaired) electrons. The predicted molar refractivity (Wildman–Crippen MR) is 92.5 cm³/mol. The molecule has 0 atom stereocenters. The Labute approximate surface area is 138 Å². The number of aryl methyl sites for hydroxylation is 1. The van der Waals surface area contributed by atoms with Crippen molar-refractivity contribution in [2.75, 3.05) is 11.6 Å². The highest BCUT2D eigenvalue weighted by atomic mass is 35.5. The van der Waals surface area contributed by atoms with Crippen molar-refractivity contribution in [2.24, 2.45) is 7.05 Å². The summed E-state index contributed by atoms with van der Waals surface area (Å²) in [4.78, 5) is 4.53. The summed E-state index contributed by atoms with van der Waals surface area (Å²) < 4.78 is 2.03. The fourth-order valence-electron chi connectivity index (χ4n) is 2.28. The van der Waals surface area contributed by atoms with Crippen molar-refractivity contribution >= 4 is 34.3 Å². The third-order valence-electron chi connectivity index (χ3n) is 3.43. The van der Waals surface area contributed by atoms with Crippen LogP contribution in [0.25, 0.3) is 22.3 Å². The van der Waals surface area contributed by atoms with Crippen molar-refractivity contribution < 1.29 is 0 Å². The van der Waals surface area contributed by atoms with E-state index in [0.29, 0.717) is 5.88 Å². The molecule has 0 aliphatic heterocycles. The number of fused-ring (bicyclic) bond motifs is 1. The molecular weight excluding hydrogens is 316 g/mol. The molecule has 0 saturated carbocycles. The topological polar surface area (TPSA) is 43.6 Å². The SMILES string of the molecule is Cc1ccc2cc(-c3nnc(SCCCCl)n3C)ccc2n1. The summed E-state index contributed by atoms with van der Waals surface area (Å²) in [5, 5.41) is 10.6. The van der Waals surface area contributed by atoms with Crippen molar-refractivity contribution in [3.8, 4) is 11.4 Å². The van der Waals surface area contributed by atoms with E-state index in [2.05, 4.69) is 27.3 Å². The van der Waals surface area contributed by atoms with Gasteiger partial charge in [0, 0.05) is 35.3 Å². The number of alkyl halides is 1. The maximum absolute atomic E-state index is 5.71. The quantitative estimate of drug-likeness (QED) is 0.401. The van der Waals surface area contributed by atoms with Crippen molar-refractivity contribution in [2.45, 2.75) is 18.5 Å². The van der Waals surface area contributed by atoms with Crippen LogP contribution in [0.3, 0.4) is 0 Å². The van der Waals surface area contributed by atoms with Crippen LogP contribution in [0.15, 0.2) is 35.5 Å². The van der Waals surface area contributed by atoms with E-state index in [1.165, 1.54) is 0 Å². The second-order valence-electron chi connectivity index (χ2n) is 5.12. The zero-order chi connectivity index (χ0) is 15.5. The molecule has 0 fully saturated rings. The summed E-state index contributed by atoms with van der Waals surface area (Å²) in [7, 11) is 2.00. The minimum atomic E-state index is 0.675. The minimum Gasteiger partial charge on any atom is -0.305 e. The molecule has 2 heterocycles. The number of aromatic nitrogens is 4. The lowest BCUT2D eigenvalue weighted by Crippen LogP contribution is -1.96. The van der Waals surface area contributed by atoms with Crippen LogP contribution in [-0.2, 0) is 7.05 Å². The molecule has 0 amide bonds. The normalized spacial score (nSPS) is 11.2. The number of benzene rings is 1. The van der Waals surface area contributed by atoms with Gasteiger partial charge in [-0.1, -0.05) is 17.8 Å². The molecular formula is C16H17ClN4S. The van der Waals surface area contributed by atoms with Gasteiger partial charge >= 0.3 is 0 Å². The first kappa shape index (κ1) is 15.3. The van der Waals surface area contributed by atoms with Crippen LogP contribution in [0.5, 0.6) is 0 Å². The van der Waals surface area contributed by atoms with Crippen molar-refractivity contribution in [1.29, 1.82) is 0 Å². The first-order valence-corrected chi connectivity index (χ1v) is 8.67. The predicted octanol–water partition coefficient (Wildman–Crippen LogP) is 4.06. The average Bonchev–Trinajstić information content (AvgIpc) is 2.88. The van der Waals surface area contributed by atoms with Gasteiger partial charge < -0.3 is 4.57 Å². The number of halogens is 1. The molecule has 2 aromatic heterocycles. The second-order valence-corrected chi connectivity index (χ2v) is 6.56. The van der Waals surface area contributed by atoms with Crippen LogP contribution in [0.2, 0.25) is 0 Å². The first-order chi connectivity index (χ1) is 10.7. The van der Waals surface area contributed by atoms with E-state index in [1.807, 2.05) is 36.7 Å². The van der Waals surface area contributed by atoms with E-state index in [9.17, 15) is 0 Å². The molecule has 22 heavy (non-hydrogen) atoms. The average molecular weight is 333 g/mol. The molecule has 114 valence electrons. The minimum absolute atomic E-state index is 0.675. The summed E-state index contributed by atoms with van der Waals surface area (Å²) in [6.07, 6.45) is 0.968. The Morgan fingerprint density at radius 2 is 2.05 bits per heavy atom. The molecule has 6 heteroatoms. The lowest BCUT2D eigenvalue weighted by molar-refractivity contribution is 0.793. The number of hydrogen-bond acceptors (Lipinski definition) is 4. The fourth-order valence-corrected chi connectivity index (χ4v) is 3.42. The highest BCUT2D eigenvalue weighted by molar-refractivity contribution is 7.99.